The van der Waals surface area contributed by atoms with E-state index in [4.69, 9.17) is 9.47 Å². The molecule has 27 heavy (non-hydrogen) atoms. The van der Waals surface area contributed by atoms with Gasteiger partial charge in [0.05, 0.1) is 26.3 Å². The molecule has 0 radical (unpaired) electrons. The maximum Gasteiger partial charge on any atom is 0.173 e. The Morgan fingerprint density at radius 1 is 1.07 bits per heavy atom. The average Bonchev–Trinajstić information content (AvgIpc) is 3.15. The molecular formula is C18H29ClN6O2. The second-order valence-electron chi connectivity index (χ2n) is 6.40. The fraction of sp³-hybridized carbons (Fsp3) is 0.611. The summed E-state index contributed by atoms with van der Waals surface area (Å²) in [7, 11) is 3.37. The number of methoxy groups -OCH3 is 2. The first-order valence-electron chi connectivity index (χ1n) is 9.12. The number of hydrogen-bond acceptors (Lipinski definition) is 7. The molecule has 0 bridgehead atoms. The van der Waals surface area contributed by atoms with Gasteiger partial charge >= 0.3 is 0 Å². The molecule has 1 saturated heterocycles. The number of aromatic nitrogens is 4. The van der Waals surface area contributed by atoms with E-state index in [9.17, 15) is 0 Å². The van der Waals surface area contributed by atoms with Crippen molar-refractivity contribution in [2.24, 2.45) is 0 Å². The maximum absolute atomic E-state index is 5.31. The molecule has 1 aliphatic rings. The molecule has 1 aromatic heterocycles. The van der Waals surface area contributed by atoms with Gasteiger partial charge in [-0.1, -0.05) is 19.1 Å². The number of hydrogen-bond donors (Lipinski definition) is 0. The van der Waals surface area contributed by atoms with E-state index in [0.29, 0.717) is 13.2 Å². The second-order valence-corrected chi connectivity index (χ2v) is 6.40. The summed E-state index contributed by atoms with van der Waals surface area (Å²) in [6.07, 6.45) is 0. The highest BCUT2D eigenvalue weighted by atomic mass is 35.5. The molecule has 1 unspecified atom stereocenters. The SMILES string of the molecule is CCN1CCN(C(c2ccc(OC)cc2)c2nnnn2CCOC)CC1.Cl. The smallest absolute Gasteiger partial charge is 0.173 e. The largest absolute Gasteiger partial charge is 0.497 e. The molecule has 0 amide bonds. The van der Waals surface area contributed by atoms with E-state index in [1.54, 1.807) is 14.2 Å². The summed E-state index contributed by atoms with van der Waals surface area (Å²) >= 11 is 0. The Hall–Kier alpha value is -1.74. The van der Waals surface area contributed by atoms with Crippen LogP contribution in [0.2, 0.25) is 0 Å². The van der Waals surface area contributed by atoms with Crippen LogP contribution in [-0.4, -0.2) is 83.6 Å². The molecule has 1 aromatic carbocycles. The Kier molecular flexibility index (Phi) is 8.43. The number of ether oxygens (including phenoxy) is 2. The third-order valence-corrected chi connectivity index (χ3v) is 4.96. The third kappa shape index (κ3) is 5.16. The molecule has 9 heteroatoms. The highest BCUT2D eigenvalue weighted by molar-refractivity contribution is 5.85. The number of piperazine rings is 1. The first kappa shape index (κ1) is 21.6. The Morgan fingerprint density at radius 2 is 1.78 bits per heavy atom. The molecule has 3 rings (SSSR count). The zero-order valence-corrected chi connectivity index (χ0v) is 17.1. The molecular weight excluding hydrogens is 368 g/mol. The fourth-order valence-corrected chi connectivity index (χ4v) is 3.39. The van der Waals surface area contributed by atoms with Crippen molar-refractivity contribution in [1.82, 2.24) is 30.0 Å². The van der Waals surface area contributed by atoms with Crippen LogP contribution in [0.4, 0.5) is 0 Å². The number of halogens is 1. The minimum absolute atomic E-state index is 0. The summed E-state index contributed by atoms with van der Waals surface area (Å²) in [6, 6.07) is 8.21. The standard InChI is InChI=1S/C18H28N6O2.ClH/c1-4-22-9-11-23(12-10-22)17(15-5-7-16(26-3)8-6-15)18-19-20-21-24(18)13-14-25-2;/h5-8,17H,4,9-14H2,1-3H3;1H. The third-order valence-electron chi connectivity index (χ3n) is 4.96. The predicted molar refractivity (Wildman–Crippen MR) is 105 cm³/mol. The monoisotopic (exact) mass is 396 g/mol. The number of likely N-dealkylation sites (N-methyl/N-ethyl adjacent to an activating group) is 1. The first-order valence-corrected chi connectivity index (χ1v) is 9.12. The maximum atomic E-state index is 5.31. The lowest BCUT2D eigenvalue weighted by Gasteiger charge is -2.38. The van der Waals surface area contributed by atoms with E-state index in [1.165, 1.54) is 5.56 Å². The zero-order chi connectivity index (χ0) is 18.4. The van der Waals surface area contributed by atoms with Gasteiger partial charge in [-0.15, -0.1) is 17.5 Å². The lowest BCUT2D eigenvalue weighted by Crippen LogP contribution is -2.48. The van der Waals surface area contributed by atoms with Gasteiger partial charge in [0.25, 0.3) is 0 Å². The van der Waals surface area contributed by atoms with Crippen molar-refractivity contribution in [1.29, 1.82) is 0 Å². The van der Waals surface area contributed by atoms with Crippen molar-refractivity contribution in [3.05, 3.63) is 35.7 Å². The normalized spacial score (nSPS) is 16.7. The molecule has 1 fully saturated rings. The van der Waals surface area contributed by atoms with E-state index in [1.807, 2.05) is 16.8 Å². The van der Waals surface area contributed by atoms with Crippen molar-refractivity contribution in [2.75, 3.05) is 53.6 Å². The van der Waals surface area contributed by atoms with Gasteiger partial charge in [-0.3, -0.25) is 4.90 Å². The Balaban J connectivity index is 0.00000261. The van der Waals surface area contributed by atoms with Crippen molar-refractivity contribution in [3.8, 4) is 5.75 Å². The molecule has 1 atom stereocenters. The second kappa shape index (κ2) is 10.6. The van der Waals surface area contributed by atoms with E-state index < -0.39 is 0 Å². The van der Waals surface area contributed by atoms with Gasteiger partial charge in [0, 0.05) is 33.3 Å². The summed E-state index contributed by atoms with van der Waals surface area (Å²) < 4.78 is 12.4. The Morgan fingerprint density at radius 3 is 2.37 bits per heavy atom. The molecule has 8 nitrogen and oxygen atoms in total. The lowest BCUT2D eigenvalue weighted by atomic mass is 10.0. The van der Waals surface area contributed by atoms with Crippen LogP contribution < -0.4 is 4.74 Å². The molecule has 0 spiro atoms. The Bertz CT molecular complexity index is 673. The number of rotatable bonds is 8. The van der Waals surface area contributed by atoms with Gasteiger partial charge in [0.1, 0.15) is 5.75 Å². The van der Waals surface area contributed by atoms with Crippen LogP contribution in [0.5, 0.6) is 5.75 Å². The minimum Gasteiger partial charge on any atom is -0.497 e. The van der Waals surface area contributed by atoms with Crippen LogP contribution >= 0.6 is 12.4 Å². The molecule has 1 aliphatic heterocycles. The average molecular weight is 397 g/mol. The summed E-state index contributed by atoms with van der Waals surface area (Å²) in [5.41, 5.74) is 1.17. The number of nitrogens with zero attached hydrogens (tertiary/aromatic N) is 6. The van der Waals surface area contributed by atoms with Crippen LogP contribution in [0.3, 0.4) is 0 Å². The lowest BCUT2D eigenvalue weighted by molar-refractivity contribution is 0.107. The highest BCUT2D eigenvalue weighted by Crippen LogP contribution is 2.29. The zero-order valence-electron chi connectivity index (χ0n) is 16.2. The quantitative estimate of drug-likeness (QED) is 0.669. The predicted octanol–water partition coefficient (Wildman–Crippen LogP) is 1.48. The van der Waals surface area contributed by atoms with Gasteiger partial charge in [-0.05, 0) is 34.7 Å². The summed E-state index contributed by atoms with van der Waals surface area (Å²) in [4.78, 5) is 4.93. The van der Waals surface area contributed by atoms with Crippen molar-refractivity contribution < 1.29 is 9.47 Å². The molecule has 150 valence electrons. The van der Waals surface area contributed by atoms with Gasteiger partial charge < -0.3 is 14.4 Å². The van der Waals surface area contributed by atoms with Crippen LogP contribution in [0.25, 0.3) is 0 Å². The van der Waals surface area contributed by atoms with Gasteiger partial charge in [-0.25, -0.2) is 4.68 Å². The van der Waals surface area contributed by atoms with Crippen LogP contribution in [0.1, 0.15) is 24.4 Å². The van der Waals surface area contributed by atoms with Crippen molar-refractivity contribution >= 4 is 12.4 Å². The van der Waals surface area contributed by atoms with Gasteiger partial charge in [0.2, 0.25) is 0 Å². The van der Waals surface area contributed by atoms with E-state index in [-0.39, 0.29) is 18.4 Å². The van der Waals surface area contributed by atoms with E-state index in [2.05, 4.69) is 44.4 Å². The summed E-state index contributed by atoms with van der Waals surface area (Å²) in [6.45, 7) is 8.61. The van der Waals surface area contributed by atoms with E-state index in [0.717, 1.165) is 44.3 Å². The fourth-order valence-electron chi connectivity index (χ4n) is 3.39. The minimum atomic E-state index is 0. The van der Waals surface area contributed by atoms with E-state index >= 15 is 0 Å². The summed E-state index contributed by atoms with van der Waals surface area (Å²) in [5, 5.41) is 12.5. The van der Waals surface area contributed by atoms with Gasteiger partial charge in [-0.2, -0.15) is 0 Å². The highest BCUT2D eigenvalue weighted by Gasteiger charge is 2.30. The van der Waals surface area contributed by atoms with Crippen LogP contribution in [-0.2, 0) is 11.3 Å². The number of benzene rings is 1. The van der Waals surface area contributed by atoms with Crippen molar-refractivity contribution in [2.45, 2.75) is 19.5 Å². The van der Waals surface area contributed by atoms with Crippen LogP contribution in [0, 0.1) is 0 Å². The topological polar surface area (TPSA) is 68.5 Å². The first-order chi connectivity index (χ1) is 12.8. The van der Waals surface area contributed by atoms with Crippen LogP contribution in [0.15, 0.2) is 24.3 Å². The van der Waals surface area contributed by atoms with Gasteiger partial charge in [0.15, 0.2) is 5.82 Å². The Labute approximate surface area is 166 Å². The molecule has 0 aliphatic carbocycles. The van der Waals surface area contributed by atoms with Crippen molar-refractivity contribution in [3.63, 3.8) is 0 Å². The molecule has 2 aromatic rings. The molecule has 0 saturated carbocycles. The molecule has 0 N–H and O–H groups in total. The number of tetrazole rings is 1. The summed E-state index contributed by atoms with van der Waals surface area (Å²) in [5.74, 6) is 1.71. The molecule has 2 heterocycles.